The van der Waals surface area contributed by atoms with Gasteiger partial charge in [0.15, 0.2) is 0 Å². The largest absolute Gasteiger partial charge is 0.448 e. The van der Waals surface area contributed by atoms with E-state index in [1.165, 1.54) is 12.8 Å². The predicted octanol–water partition coefficient (Wildman–Crippen LogP) is 2.05. The Morgan fingerprint density at radius 1 is 1.31 bits per heavy atom. The second-order valence-electron chi connectivity index (χ2n) is 4.56. The highest BCUT2D eigenvalue weighted by molar-refractivity contribution is 5.67. The standard InChI is InChI=1S/C11H24N2O3/c1-4-5-6-7-8-12-10(14)16-9-11(2,3)13-15/h13,15H,4-9H2,1-3H3,(H,12,14). The van der Waals surface area contributed by atoms with E-state index in [0.717, 1.165) is 12.8 Å². The molecule has 0 spiro atoms. The van der Waals surface area contributed by atoms with Crippen LogP contribution >= 0.6 is 0 Å². The highest BCUT2D eigenvalue weighted by atomic mass is 16.6. The molecule has 3 N–H and O–H groups in total. The normalized spacial score (nSPS) is 11.2. The van der Waals surface area contributed by atoms with Crippen molar-refractivity contribution in [2.45, 2.75) is 52.0 Å². The van der Waals surface area contributed by atoms with Gasteiger partial charge in [-0.2, -0.15) is 5.48 Å². The van der Waals surface area contributed by atoms with Crippen LogP contribution in [-0.2, 0) is 4.74 Å². The maximum absolute atomic E-state index is 11.2. The van der Waals surface area contributed by atoms with E-state index in [-0.39, 0.29) is 6.61 Å². The Morgan fingerprint density at radius 3 is 2.56 bits per heavy atom. The lowest BCUT2D eigenvalue weighted by Gasteiger charge is -2.21. The number of nitrogens with one attached hydrogen (secondary N) is 2. The van der Waals surface area contributed by atoms with Gasteiger partial charge in [0.25, 0.3) is 0 Å². The maximum atomic E-state index is 11.2. The van der Waals surface area contributed by atoms with Crippen LogP contribution in [0, 0.1) is 0 Å². The van der Waals surface area contributed by atoms with E-state index >= 15 is 0 Å². The van der Waals surface area contributed by atoms with E-state index in [4.69, 9.17) is 9.94 Å². The van der Waals surface area contributed by atoms with Crippen molar-refractivity contribution in [1.82, 2.24) is 10.8 Å². The van der Waals surface area contributed by atoms with Gasteiger partial charge in [-0.15, -0.1) is 0 Å². The first-order chi connectivity index (χ1) is 7.52. The van der Waals surface area contributed by atoms with Crippen molar-refractivity contribution in [1.29, 1.82) is 0 Å². The highest BCUT2D eigenvalue weighted by Crippen LogP contribution is 2.01. The van der Waals surface area contributed by atoms with Gasteiger partial charge in [0.1, 0.15) is 6.61 Å². The third-order valence-corrected chi connectivity index (χ3v) is 2.17. The molecule has 0 heterocycles. The molecule has 0 aliphatic rings. The smallest absolute Gasteiger partial charge is 0.407 e. The molecule has 5 nitrogen and oxygen atoms in total. The number of hydrogen-bond donors (Lipinski definition) is 3. The second kappa shape index (κ2) is 8.35. The number of carbonyl (C=O) groups is 1. The molecule has 5 heteroatoms. The fourth-order valence-electron chi connectivity index (χ4n) is 1.07. The highest BCUT2D eigenvalue weighted by Gasteiger charge is 2.18. The van der Waals surface area contributed by atoms with Crippen LogP contribution in [0.15, 0.2) is 0 Å². The fourth-order valence-corrected chi connectivity index (χ4v) is 1.07. The molecule has 0 atom stereocenters. The molecule has 0 aliphatic heterocycles. The van der Waals surface area contributed by atoms with Crippen LogP contribution in [0.2, 0.25) is 0 Å². The summed E-state index contributed by atoms with van der Waals surface area (Å²) in [5, 5.41) is 11.4. The zero-order chi connectivity index (χ0) is 12.4. The summed E-state index contributed by atoms with van der Waals surface area (Å²) < 4.78 is 4.93. The van der Waals surface area contributed by atoms with E-state index in [1.807, 2.05) is 0 Å². The maximum Gasteiger partial charge on any atom is 0.407 e. The second-order valence-corrected chi connectivity index (χ2v) is 4.56. The minimum atomic E-state index is -0.612. The third kappa shape index (κ3) is 8.49. The molecule has 0 aromatic rings. The lowest BCUT2D eigenvalue weighted by Crippen LogP contribution is -2.43. The monoisotopic (exact) mass is 232 g/mol. The SMILES string of the molecule is CCCCCCNC(=O)OCC(C)(C)NO. The van der Waals surface area contributed by atoms with Crippen molar-refractivity contribution in [2.75, 3.05) is 13.2 Å². The van der Waals surface area contributed by atoms with Gasteiger partial charge in [0, 0.05) is 6.54 Å². The van der Waals surface area contributed by atoms with E-state index in [2.05, 4.69) is 17.7 Å². The lowest BCUT2D eigenvalue weighted by molar-refractivity contribution is 0.0325. The topological polar surface area (TPSA) is 70.6 Å². The number of alkyl carbamates (subject to hydrolysis) is 1. The molecule has 16 heavy (non-hydrogen) atoms. The van der Waals surface area contributed by atoms with E-state index in [9.17, 15) is 4.79 Å². The van der Waals surface area contributed by atoms with Gasteiger partial charge in [-0.05, 0) is 20.3 Å². The van der Waals surface area contributed by atoms with E-state index < -0.39 is 11.6 Å². The number of rotatable bonds is 8. The third-order valence-electron chi connectivity index (χ3n) is 2.17. The first-order valence-electron chi connectivity index (χ1n) is 5.83. The van der Waals surface area contributed by atoms with Crippen LogP contribution in [0.4, 0.5) is 4.79 Å². The Kier molecular flexibility index (Phi) is 7.93. The van der Waals surface area contributed by atoms with Crippen LogP contribution in [0.25, 0.3) is 0 Å². The van der Waals surface area contributed by atoms with Crippen LogP contribution in [0.1, 0.15) is 46.5 Å². The quantitative estimate of drug-likeness (QED) is 0.442. The van der Waals surface area contributed by atoms with Crippen molar-refractivity contribution in [3.05, 3.63) is 0 Å². The summed E-state index contributed by atoms with van der Waals surface area (Å²) in [6, 6.07) is 0. The molecular weight excluding hydrogens is 208 g/mol. The molecule has 0 rings (SSSR count). The fraction of sp³-hybridized carbons (Fsp3) is 0.909. The average Bonchev–Trinajstić information content (AvgIpc) is 2.26. The van der Waals surface area contributed by atoms with Gasteiger partial charge in [0.2, 0.25) is 0 Å². The van der Waals surface area contributed by atoms with Gasteiger partial charge in [-0.3, -0.25) is 0 Å². The van der Waals surface area contributed by atoms with Crippen molar-refractivity contribution >= 4 is 6.09 Å². The molecule has 0 aliphatic carbocycles. The lowest BCUT2D eigenvalue weighted by atomic mass is 10.1. The number of amides is 1. The molecule has 0 aromatic carbocycles. The van der Waals surface area contributed by atoms with Crippen molar-refractivity contribution in [3.8, 4) is 0 Å². The number of hydroxylamine groups is 1. The molecular formula is C11H24N2O3. The van der Waals surface area contributed by atoms with Gasteiger partial charge >= 0.3 is 6.09 Å². The molecule has 0 aromatic heterocycles. The number of carbonyl (C=O) groups excluding carboxylic acids is 1. The summed E-state index contributed by atoms with van der Waals surface area (Å²) in [5.41, 5.74) is 1.46. The van der Waals surface area contributed by atoms with Gasteiger partial charge in [0.05, 0.1) is 5.54 Å². The first-order valence-corrected chi connectivity index (χ1v) is 5.83. The van der Waals surface area contributed by atoms with Gasteiger partial charge in [-0.25, -0.2) is 4.79 Å². The minimum absolute atomic E-state index is 0.129. The Labute approximate surface area is 97.5 Å². The van der Waals surface area contributed by atoms with E-state index in [0.29, 0.717) is 6.54 Å². The van der Waals surface area contributed by atoms with Crippen LogP contribution in [-0.4, -0.2) is 30.0 Å². The molecule has 0 unspecified atom stereocenters. The Bertz CT molecular complexity index is 196. The summed E-state index contributed by atoms with van der Waals surface area (Å²) in [4.78, 5) is 11.2. The number of unbranched alkanes of at least 4 members (excludes halogenated alkanes) is 3. The molecule has 0 radical (unpaired) electrons. The molecule has 0 bridgehead atoms. The Balaban J connectivity index is 3.45. The molecule has 0 saturated heterocycles. The van der Waals surface area contributed by atoms with Crippen molar-refractivity contribution in [3.63, 3.8) is 0 Å². The zero-order valence-electron chi connectivity index (χ0n) is 10.5. The first kappa shape index (κ1) is 15.2. The molecule has 0 fully saturated rings. The summed E-state index contributed by atoms with van der Waals surface area (Å²) in [7, 11) is 0. The van der Waals surface area contributed by atoms with Crippen molar-refractivity contribution in [2.24, 2.45) is 0 Å². The molecule has 0 saturated carbocycles. The summed E-state index contributed by atoms with van der Waals surface area (Å²) in [5.74, 6) is 0. The minimum Gasteiger partial charge on any atom is -0.448 e. The van der Waals surface area contributed by atoms with E-state index in [1.54, 1.807) is 13.8 Å². The summed E-state index contributed by atoms with van der Waals surface area (Å²) in [6.07, 6.45) is 4.05. The Morgan fingerprint density at radius 2 is 2.00 bits per heavy atom. The molecule has 1 amide bonds. The average molecular weight is 232 g/mol. The Hall–Kier alpha value is -0.810. The number of hydrogen-bond acceptors (Lipinski definition) is 4. The van der Waals surface area contributed by atoms with Gasteiger partial charge < -0.3 is 15.3 Å². The number of ether oxygens (including phenoxy) is 1. The predicted molar refractivity (Wildman–Crippen MR) is 62.5 cm³/mol. The summed E-state index contributed by atoms with van der Waals surface area (Å²) >= 11 is 0. The summed E-state index contributed by atoms with van der Waals surface area (Å²) in [6.45, 7) is 6.39. The zero-order valence-corrected chi connectivity index (χ0v) is 10.5. The van der Waals surface area contributed by atoms with Crippen molar-refractivity contribution < 1.29 is 14.7 Å². The van der Waals surface area contributed by atoms with Gasteiger partial charge in [-0.1, -0.05) is 26.2 Å². The van der Waals surface area contributed by atoms with Crippen LogP contribution in [0.3, 0.4) is 0 Å². The molecule has 96 valence electrons. The van der Waals surface area contributed by atoms with Crippen LogP contribution in [0.5, 0.6) is 0 Å². The van der Waals surface area contributed by atoms with Crippen LogP contribution < -0.4 is 10.8 Å².